The summed E-state index contributed by atoms with van der Waals surface area (Å²) in [7, 11) is 0. The van der Waals surface area contributed by atoms with Crippen LogP contribution in [-0.4, -0.2) is 18.4 Å². The first-order chi connectivity index (χ1) is 6.79. The summed E-state index contributed by atoms with van der Waals surface area (Å²) in [5, 5.41) is 0. The number of nitrogens with zero attached hydrogens (tertiary/aromatic N) is 3. The summed E-state index contributed by atoms with van der Waals surface area (Å²) in [4.78, 5) is 12.2. The number of rotatable bonds is 3. The van der Waals surface area contributed by atoms with Crippen molar-refractivity contribution in [1.29, 1.82) is 0 Å². The summed E-state index contributed by atoms with van der Waals surface area (Å²) in [5.74, 6) is 0.709. The minimum Gasteiger partial charge on any atom is -0.244 e. The molecule has 0 radical (unpaired) electrons. The third-order valence-electron chi connectivity index (χ3n) is 1.99. The van der Waals surface area contributed by atoms with E-state index in [2.05, 4.69) is 35.4 Å². The predicted octanol–water partition coefficient (Wildman–Crippen LogP) is 2.76. The molecule has 0 N–H and O–H groups in total. The van der Waals surface area contributed by atoms with Gasteiger partial charge in [0.2, 0.25) is 0 Å². The quantitative estimate of drug-likeness (QED) is 0.654. The lowest BCUT2D eigenvalue weighted by atomic mass is 10.0. The Bertz CT molecular complexity index is 332. The molecular weight excluding hydrogens is 174 g/mol. The second-order valence-electron chi connectivity index (χ2n) is 3.10. The highest BCUT2D eigenvalue weighted by molar-refractivity contribution is 6.21. The van der Waals surface area contributed by atoms with Gasteiger partial charge in [0.1, 0.15) is 6.34 Å². The fraction of sp³-hybridized carbons (Fsp3) is 0.364. The van der Waals surface area contributed by atoms with E-state index in [-0.39, 0.29) is 0 Å². The lowest BCUT2D eigenvalue weighted by molar-refractivity contribution is 0.903. The van der Waals surface area contributed by atoms with Crippen LogP contribution in [0.3, 0.4) is 0 Å². The van der Waals surface area contributed by atoms with Gasteiger partial charge in [-0.3, -0.25) is 0 Å². The zero-order valence-corrected chi connectivity index (χ0v) is 8.70. The Kier molecular flexibility index (Phi) is 3.98. The van der Waals surface area contributed by atoms with Crippen molar-refractivity contribution in [2.45, 2.75) is 26.7 Å². The number of allylic oxidation sites excluding steroid dienone is 1. The lowest BCUT2D eigenvalue weighted by Crippen LogP contribution is -2.08. The summed E-state index contributed by atoms with van der Waals surface area (Å²) in [5.41, 5.74) is 2.29. The third-order valence-corrected chi connectivity index (χ3v) is 1.99. The van der Waals surface area contributed by atoms with Crippen molar-refractivity contribution >= 4 is 18.4 Å². The molecule has 1 aliphatic rings. The van der Waals surface area contributed by atoms with Gasteiger partial charge in [-0.1, -0.05) is 25.5 Å². The Morgan fingerprint density at radius 3 is 3.07 bits per heavy atom. The highest BCUT2D eigenvalue weighted by atomic mass is 15.0. The smallest absolute Gasteiger partial charge is 0.162 e. The van der Waals surface area contributed by atoms with Gasteiger partial charge < -0.3 is 0 Å². The molecule has 1 aliphatic heterocycles. The van der Waals surface area contributed by atoms with Gasteiger partial charge in [-0.25, -0.2) is 15.0 Å². The Morgan fingerprint density at radius 1 is 1.64 bits per heavy atom. The minimum absolute atomic E-state index is 0.709. The zero-order chi connectivity index (χ0) is 10.4. The van der Waals surface area contributed by atoms with Crippen molar-refractivity contribution in [3.05, 3.63) is 23.9 Å². The third kappa shape index (κ3) is 2.49. The van der Waals surface area contributed by atoms with Gasteiger partial charge in [0.05, 0.1) is 0 Å². The topological polar surface area (TPSA) is 37.1 Å². The second kappa shape index (κ2) is 5.27. The first-order valence-electron chi connectivity index (χ1n) is 4.74. The van der Waals surface area contributed by atoms with E-state index < -0.39 is 0 Å². The van der Waals surface area contributed by atoms with Gasteiger partial charge in [0.15, 0.2) is 5.84 Å². The standard InChI is InChI=1S/C11H15N3/c1-4-6-9(3)10-7-12-8-14-11(10)13-5-2/h5,7-8H,2,4,6H2,1,3H3/b10-9-,13-11?. The lowest BCUT2D eigenvalue weighted by Gasteiger charge is -2.08. The predicted molar refractivity (Wildman–Crippen MR) is 62.2 cm³/mol. The van der Waals surface area contributed by atoms with E-state index in [1.807, 2.05) is 0 Å². The molecule has 0 saturated heterocycles. The van der Waals surface area contributed by atoms with Crippen LogP contribution in [-0.2, 0) is 0 Å². The molecule has 74 valence electrons. The first-order valence-corrected chi connectivity index (χ1v) is 4.74. The maximum Gasteiger partial charge on any atom is 0.162 e. The van der Waals surface area contributed by atoms with Crippen LogP contribution in [0.15, 0.2) is 38.9 Å². The largest absolute Gasteiger partial charge is 0.244 e. The maximum absolute atomic E-state index is 4.10. The van der Waals surface area contributed by atoms with Crippen molar-refractivity contribution in [3.8, 4) is 0 Å². The van der Waals surface area contributed by atoms with Crippen LogP contribution in [0.5, 0.6) is 0 Å². The van der Waals surface area contributed by atoms with Crippen molar-refractivity contribution in [3.63, 3.8) is 0 Å². The van der Waals surface area contributed by atoms with Crippen LogP contribution >= 0.6 is 0 Å². The molecule has 0 saturated carbocycles. The van der Waals surface area contributed by atoms with Crippen LogP contribution in [0, 0.1) is 0 Å². The van der Waals surface area contributed by atoms with E-state index in [9.17, 15) is 0 Å². The summed E-state index contributed by atoms with van der Waals surface area (Å²) in [6, 6.07) is 0. The molecule has 1 rings (SSSR count). The van der Waals surface area contributed by atoms with E-state index in [1.165, 1.54) is 18.1 Å². The van der Waals surface area contributed by atoms with Crippen LogP contribution in [0.25, 0.3) is 0 Å². The van der Waals surface area contributed by atoms with Gasteiger partial charge >= 0.3 is 0 Å². The minimum atomic E-state index is 0.709. The molecule has 0 bridgehead atoms. The molecule has 0 aromatic rings. The number of hydrogen-bond donors (Lipinski definition) is 0. The molecule has 3 heteroatoms. The summed E-state index contributed by atoms with van der Waals surface area (Å²) >= 11 is 0. The number of hydrogen-bond acceptors (Lipinski definition) is 2. The van der Waals surface area contributed by atoms with E-state index in [0.717, 1.165) is 18.4 Å². The SMILES string of the molecule is C=CN=C1N=CN=C/C1=C(\C)CCC. The highest BCUT2D eigenvalue weighted by Crippen LogP contribution is 2.13. The Hall–Kier alpha value is -1.51. The van der Waals surface area contributed by atoms with E-state index in [0.29, 0.717) is 5.84 Å². The fourth-order valence-corrected chi connectivity index (χ4v) is 1.32. The molecule has 0 fully saturated rings. The van der Waals surface area contributed by atoms with Gasteiger partial charge in [-0.05, 0) is 13.3 Å². The van der Waals surface area contributed by atoms with Crippen molar-refractivity contribution in [2.24, 2.45) is 15.0 Å². The normalized spacial score (nSPS) is 21.4. The summed E-state index contributed by atoms with van der Waals surface area (Å²) < 4.78 is 0. The van der Waals surface area contributed by atoms with Crippen LogP contribution in [0.2, 0.25) is 0 Å². The molecule has 0 aromatic heterocycles. The zero-order valence-electron chi connectivity index (χ0n) is 8.70. The molecule has 14 heavy (non-hydrogen) atoms. The first kappa shape index (κ1) is 10.6. The Morgan fingerprint density at radius 2 is 2.43 bits per heavy atom. The average molecular weight is 189 g/mol. The average Bonchev–Trinajstić information content (AvgIpc) is 2.19. The van der Waals surface area contributed by atoms with Crippen molar-refractivity contribution < 1.29 is 0 Å². The maximum atomic E-state index is 4.10. The molecule has 0 amide bonds. The molecular formula is C11H15N3. The van der Waals surface area contributed by atoms with Crippen LogP contribution in [0.1, 0.15) is 26.7 Å². The number of aliphatic imine (C=N–C) groups is 3. The molecule has 0 aromatic carbocycles. The van der Waals surface area contributed by atoms with Crippen LogP contribution < -0.4 is 0 Å². The fourth-order valence-electron chi connectivity index (χ4n) is 1.32. The second-order valence-corrected chi connectivity index (χ2v) is 3.10. The monoisotopic (exact) mass is 189 g/mol. The van der Waals surface area contributed by atoms with Gasteiger partial charge in [0.25, 0.3) is 0 Å². The van der Waals surface area contributed by atoms with Gasteiger partial charge in [0, 0.05) is 18.0 Å². The highest BCUT2D eigenvalue weighted by Gasteiger charge is 2.08. The van der Waals surface area contributed by atoms with E-state index in [1.54, 1.807) is 6.21 Å². The van der Waals surface area contributed by atoms with Gasteiger partial charge in [-0.15, -0.1) is 0 Å². The van der Waals surface area contributed by atoms with Crippen LogP contribution in [0.4, 0.5) is 0 Å². The molecule has 0 atom stereocenters. The molecule has 0 unspecified atom stereocenters. The van der Waals surface area contributed by atoms with E-state index in [4.69, 9.17) is 0 Å². The Labute approximate surface area is 84.7 Å². The summed E-state index contributed by atoms with van der Waals surface area (Å²) in [6.07, 6.45) is 6.98. The van der Waals surface area contributed by atoms with Crippen molar-refractivity contribution in [1.82, 2.24) is 0 Å². The summed E-state index contributed by atoms with van der Waals surface area (Å²) in [6.45, 7) is 7.80. The molecule has 0 aliphatic carbocycles. The molecule has 1 heterocycles. The molecule has 3 nitrogen and oxygen atoms in total. The molecule has 0 spiro atoms. The van der Waals surface area contributed by atoms with E-state index >= 15 is 0 Å². The van der Waals surface area contributed by atoms with Gasteiger partial charge in [-0.2, -0.15) is 0 Å². The Balaban J connectivity index is 3.01. The van der Waals surface area contributed by atoms with Crippen molar-refractivity contribution in [2.75, 3.05) is 0 Å². The number of amidine groups is 1.